The van der Waals surface area contributed by atoms with Gasteiger partial charge in [0.05, 0.1) is 18.7 Å². The molecule has 0 saturated heterocycles. The van der Waals surface area contributed by atoms with E-state index < -0.39 is 6.04 Å². The maximum atomic E-state index is 12.1. The van der Waals surface area contributed by atoms with Crippen molar-refractivity contribution in [1.29, 1.82) is 0 Å². The Bertz CT molecular complexity index is 648. The highest BCUT2D eigenvalue weighted by Crippen LogP contribution is 2.18. The van der Waals surface area contributed by atoms with Gasteiger partial charge in [0, 0.05) is 5.38 Å². The number of hydrogen-bond acceptors (Lipinski definition) is 6. The summed E-state index contributed by atoms with van der Waals surface area (Å²) in [5.74, 6) is -0.685. The molecule has 0 bridgehead atoms. The molecule has 0 aliphatic carbocycles. The van der Waals surface area contributed by atoms with Gasteiger partial charge in [-0.25, -0.2) is 4.98 Å². The van der Waals surface area contributed by atoms with Crippen molar-refractivity contribution in [3.63, 3.8) is 0 Å². The fourth-order valence-corrected chi connectivity index (χ4v) is 2.51. The topological polar surface area (TPSA) is 94.3 Å². The lowest BCUT2D eigenvalue weighted by molar-refractivity contribution is -0.142. The molecule has 6 nitrogen and oxygen atoms in total. The van der Waals surface area contributed by atoms with Crippen LogP contribution in [0.1, 0.15) is 24.2 Å². The number of carbonyl (C=O) groups is 2. The predicted octanol–water partition coefficient (Wildman–Crippen LogP) is 2.31. The fourth-order valence-electron chi connectivity index (χ4n) is 1.80. The van der Waals surface area contributed by atoms with Crippen molar-refractivity contribution in [3.8, 4) is 0 Å². The summed E-state index contributed by atoms with van der Waals surface area (Å²) in [5.41, 5.74) is 7.19. The lowest BCUT2D eigenvalue weighted by atomic mass is 10.1. The van der Waals surface area contributed by atoms with Crippen LogP contribution in [0.15, 0.2) is 35.7 Å². The zero-order valence-electron chi connectivity index (χ0n) is 12.5. The molecule has 1 heterocycles. The summed E-state index contributed by atoms with van der Waals surface area (Å²) in [6, 6.07) is 8.32. The number of ether oxygens (including phenoxy) is 1. The molecule has 1 aromatic carbocycles. The number of rotatable bonds is 6. The number of aromatic nitrogens is 1. The third-order valence-corrected chi connectivity index (χ3v) is 3.66. The number of benzene rings is 1. The van der Waals surface area contributed by atoms with Crippen LogP contribution in [0.5, 0.6) is 0 Å². The Hall–Kier alpha value is -1.96. The molecule has 1 amide bonds. The minimum atomic E-state index is -0.765. The van der Waals surface area contributed by atoms with Gasteiger partial charge >= 0.3 is 5.97 Å². The average molecular weight is 356 g/mol. The summed E-state index contributed by atoms with van der Waals surface area (Å²) in [7, 11) is 0. The van der Waals surface area contributed by atoms with Crippen molar-refractivity contribution in [3.05, 3.63) is 47.0 Å². The third-order valence-electron chi connectivity index (χ3n) is 2.85. The van der Waals surface area contributed by atoms with Gasteiger partial charge in [-0.1, -0.05) is 30.3 Å². The van der Waals surface area contributed by atoms with Crippen molar-refractivity contribution in [2.75, 3.05) is 11.9 Å². The van der Waals surface area contributed by atoms with Crippen LogP contribution in [0.25, 0.3) is 0 Å². The molecule has 1 aromatic heterocycles. The number of thiazole rings is 1. The Balaban J connectivity index is 0.00000264. The van der Waals surface area contributed by atoms with E-state index in [2.05, 4.69) is 10.3 Å². The number of anilines is 1. The van der Waals surface area contributed by atoms with Gasteiger partial charge < -0.3 is 15.8 Å². The molecule has 0 saturated carbocycles. The number of halogens is 1. The molecule has 0 aliphatic heterocycles. The first kappa shape index (κ1) is 19.1. The van der Waals surface area contributed by atoms with Crippen LogP contribution < -0.4 is 11.1 Å². The van der Waals surface area contributed by atoms with Gasteiger partial charge in [-0.15, -0.1) is 23.7 Å². The van der Waals surface area contributed by atoms with Crippen molar-refractivity contribution in [1.82, 2.24) is 4.98 Å². The number of amides is 1. The van der Waals surface area contributed by atoms with Gasteiger partial charge in [0.1, 0.15) is 6.04 Å². The number of carbonyl (C=O) groups excluding carboxylic acids is 2. The van der Waals surface area contributed by atoms with Crippen LogP contribution in [0.4, 0.5) is 5.13 Å². The summed E-state index contributed by atoms with van der Waals surface area (Å²) in [6.45, 7) is 2.08. The van der Waals surface area contributed by atoms with Gasteiger partial charge in [-0.05, 0) is 12.5 Å². The van der Waals surface area contributed by atoms with Crippen LogP contribution >= 0.6 is 23.7 Å². The second kappa shape index (κ2) is 9.24. The van der Waals surface area contributed by atoms with Crippen molar-refractivity contribution < 1.29 is 14.3 Å². The molecule has 23 heavy (non-hydrogen) atoms. The van der Waals surface area contributed by atoms with E-state index in [1.807, 2.05) is 18.2 Å². The normalized spacial score (nSPS) is 11.2. The van der Waals surface area contributed by atoms with Crippen molar-refractivity contribution in [2.24, 2.45) is 5.73 Å². The van der Waals surface area contributed by atoms with E-state index in [-0.39, 0.29) is 30.7 Å². The first-order chi connectivity index (χ1) is 10.6. The van der Waals surface area contributed by atoms with E-state index in [9.17, 15) is 9.59 Å². The van der Waals surface area contributed by atoms with E-state index in [0.717, 1.165) is 5.56 Å². The Morgan fingerprint density at radius 2 is 2.04 bits per heavy atom. The maximum Gasteiger partial charge on any atom is 0.311 e. The fraction of sp³-hybridized carbons (Fsp3) is 0.267. The molecule has 2 aromatic rings. The SMILES string of the molecule is CCOC(=O)Cc1csc(NC(=O)C(N)c2ccccc2)n1.Cl. The number of esters is 1. The molecular formula is C15H18ClN3O3S. The minimum absolute atomic E-state index is 0. The molecule has 0 spiro atoms. The molecule has 0 radical (unpaired) electrons. The summed E-state index contributed by atoms with van der Waals surface area (Å²) >= 11 is 1.24. The van der Waals surface area contributed by atoms with Gasteiger partial charge in [-0.2, -0.15) is 0 Å². The quantitative estimate of drug-likeness (QED) is 0.775. The smallest absolute Gasteiger partial charge is 0.311 e. The van der Waals surface area contributed by atoms with Crippen molar-refractivity contribution in [2.45, 2.75) is 19.4 Å². The number of nitrogens with one attached hydrogen (secondary N) is 1. The van der Waals surface area contributed by atoms with Crippen LogP contribution in [0.2, 0.25) is 0 Å². The van der Waals surface area contributed by atoms with Gasteiger partial charge in [0.25, 0.3) is 0 Å². The number of nitrogens with two attached hydrogens (primary N) is 1. The van der Waals surface area contributed by atoms with E-state index in [0.29, 0.717) is 17.4 Å². The monoisotopic (exact) mass is 355 g/mol. The van der Waals surface area contributed by atoms with E-state index in [1.54, 1.807) is 24.4 Å². The zero-order valence-corrected chi connectivity index (χ0v) is 14.2. The number of hydrogen-bond donors (Lipinski definition) is 2. The highest BCUT2D eigenvalue weighted by Gasteiger charge is 2.17. The van der Waals surface area contributed by atoms with E-state index in [4.69, 9.17) is 10.5 Å². The van der Waals surface area contributed by atoms with Gasteiger partial charge in [0.2, 0.25) is 5.91 Å². The standard InChI is InChI=1S/C15H17N3O3S.ClH/c1-2-21-12(19)8-11-9-22-15(17-11)18-14(20)13(16)10-6-4-3-5-7-10;/h3-7,9,13H,2,8,16H2,1H3,(H,17,18,20);1H. The Morgan fingerprint density at radius 1 is 1.35 bits per heavy atom. The Morgan fingerprint density at radius 3 is 2.70 bits per heavy atom. The molecule has 0 fully saturated rings. The largest absolute Gasteiger partial charge is 0.466 e. The zero-order chi connectivity index (χ0) is 15.9. The highest BCUT2D eigenvalue weighted by molar-refractivity contribution is 7.13. The molecule has 2 rings (SSSR count). The van der Waals surface area contributed by atoms with Crippen LogP contribution in [0, 0.1) is 0 Å². The maximum absolute atomic E-state index is 12.1. The molecular weight excluding hydrogens is 338 g/mol. The molecule has 3 N–H and O–H groups in total. The Labute approximate surface area is 144 Å². The molecule has 0 aliphatic rings. The predicted molar refractivity (Wildman–Crippen MR) is 91.7 cm³/mol. The van der Waals surface area contributed by atoms with Crippen LogP contribution in [-0.4, -0.2) is 23.5 Å². The molecule has 1 atom stereocenters. The first-order valence-corrected chi connectivity index (χ1v) is 7.69. The van der Waals surface area contributed by atoms with E-state index in [1.165, 1.54) is 11.3 Å². The third kappa shape index (κ3) is 5.63. The summed E-state index contributed by atoms with van der Waals surface area (Å²) in [4.78, 5) is 27.6. The molecule has 1 unspecified atom stereocenters. The van der Waals surface area contributed by atoms with Gasteiger partial charge in [-0.3, -0.25) is 9.59 Å². The highest BCUT2D eigenvalue weighted by atomic mass is 35.5. The minimum Gasteiger partial charge on any atom is -0.466 e. The summed E-state index contributed by atoms with van der Waals surface area (Å²) in [5, 5.41) is 4.78. The average Bonchev–Trinajstić information content (AvgIpc) is 2.94. The lowest BCUT2D eigenvalue weighted by Gasteiger charge is -2.10. The van der Waals surface area contributed by atoms with Crippen LogP contribution in [-0.2, 0) is 20.7 Å². The van der Waals surface area contributed by atoms with Crippen molar-refractivity contribution >= 4 is 40.8 Å². The summed E-state index contributed by atoms with van der Waals surface area (Å²) in [6.07, 6.45) is 0.0882. The molecule has 124 valence electrons. The summed E-state index contributed by atoms with van der Waals surface area (Å²) < 4.78 is 4.85. The lowest BCUT2D eigenvalue weighted by Crippen LogP contribution is -2.27. The van der Waals surface area contributed by atoms with Crippen LogP contribution in [0.3, 0.4) is 0 Å². The van der Waals surface area contributed by atoms with Gasteiger partial charge in [0.15, 0.2) is 5.13 Å². The second-order valence-electron chi connectivity index (χ2n) is 4.50. The number of nitrogens with zero attached hydrogens (tertiary/aromatic N) is 1. The Kier molecular flexibility index (Phi) is 7.67. The van der Waals surface area contributed by atoms with E-state index >= 15 is 0 Å². The first-order valence-electron chi connectivity index (χ1n) is 6.81. The second-order valence-corrected chi connectivity index (χ2v) is 5.36. The molecule has 8 heteroatoms.